The van der Waals surface area contributed by atoms with Crippen LogP contribution in [0, 0.1) is 6.92 Å². The van der Waals surface area contributed by atoms with Crippen molar-refractivity contribution in [1.29, 1.82) is 0 Å². The highest BCUT2D eigenvalue weighted by molar-refractivity contribution is 5.39. The molecule has 20 heavy (non-hydrogen) atoms. The molecule has 1 unspecified atom stereocenters. The van der Waals surface area contributed by atoms with Gasteiger partial charge in [0.1, 0.15) is 12.4 Å². The van der Waals surface area contributed by atoms with Crippen molar-refractivity contribution in [3.8, 4) is 5.75 Å². The largest absolute Gasteiger partial charge is 0.496 e. The first-order valence-corrected chi connectivity index (χ1v) is 6.33. The lowest BCUT2D eigenvalue weighted by atomic mass is 10.0. The summed E-state index contributed by atoms with van der Waals surface area (Å²) >= 11 is 0. The van der Waals surface area contributed by atoms with Gasteiger partial charge in [-0.3, -0.25) is 0 Å². The van der Waals surface area contributed by atoms with Crippen LogP contribution < -0.4 is 10.1 Å². The Morgan fingerprint density at radius 2 is 2.00 bits per heavy atom. The SMILES string of the molecule is CNC(CCOCC(F)(F)F)c1cc(C)ccc1OC. The third-order valence-electron chi connectivity index (χ3n) is 2.93. The molecule has 1 N–H and O–H groups in total. The Hall–Kier alpha value is -1.27. The van der Waals surface area contributed by atoms with Crippen molar-refractivity contribution in [1.82, 2.24) is 5.32 Å². The zero-order valence-electron chi connectivity index (χ0n) is 11.9. The molecule has 0 aliphatic rings. The van der Waals surface area contributed by atoms with Crippen LogP contribution in [0.2, 0.25) is 0 Å². The number of alkyl halides is 3. The second-order valence-corrected chi connectivity index (χ2v) is 4.54. The summed E-state index contributed by atoms with van der Waals surface area (Å²) in [5.74, 6) is 0.714. The van der Waals surface area contributed by atoms with Gasteiger partial charge in [0.25, 0.3) is 0 Å². The van der Waals surface area contributed by atoms with Gasteiger partial charge in [0.05, 0.1) is 7.11 Å². The molecule has 0 fully saturated rings. The monoisotopic (exact) mass is 291 g/mol. The number of benzene rings is 1. The zero-order valence-corrected chi connectivity index (χ0v) is 11.9. The Morgan fingerprint density at radius 3 is 2.55 bits per heavy atom. The van der Waals surface area contributed by atoms with Gasteiger partial charge in [-0.2, -0.15) is 13.2 Å². The number of aryl methyl sites for hydroxylation is 1. The predicted molar refractivity (Wildman–Crippen MR) is 71.0 cm³/mol. The number of hydrogen-bond donors (Lipinski definition) is 1. The van der Waals surface area contributed by atoms with E-state index in [1.807, 2.05) is 25.1 Å². The average molecular weight is 291 g/mol. The fourth-order valence-electron chi connectivity index (χ4n) is 1.97. The standard InChI is InChI=1S/C14H20F3NO2/c1-10-4-5-13(19-3)11(8-10)12(18-2)6-7-20-9-14(15,16)17/h4-5,8,12,18H,6-7,9H2,1-3H3. The van der Waals surface area contributed by atoms with Gasteiger partial charge in [0.15, 0.2) is 0 Å². The summed E-state index contributed by atoms with van der Waals surface area (Å²) in [6, 6.07) is 5.63. The first-order chi connectivity index (χ1) is 9.37. The van der Waals surface area contributed by atoms with Crippen LogP contribution in [0.15, 0.2) is 18.2 Å². The molecule has 114 valence electrons. The smallest absolute Gasteiger partial charge is 0.411 e. The van der Waals surface area contributed by atoms with E-state index >= 15 is 0 Å². The molecule has 3 nitrogen and oxygen atoms in total. The van der Waals surface area contributed by atoms with Crippen molar-refractivity contribution in [3.63, 3.8) is 0 Å². The van der Waals surface area contributed by atoms with E-state index in [1.54, 1.807) is 14.2 Å². The highest BCUT2D eigenvalue weighted by Crippen LogP contribution is 2.28. The molecule has 0 spiro atoms. The van der Waals surface area contributed by atoms with Gasteiger partial charge >= 0.3 is 6.18 Å². The molecule has 1 atom stereocenters. The summed E-state index contributed by atoms with van der Waals surface area (Å²) < 4.78 is 45.9. The van der Waals surface area contributed by atoms with Gasteiger partial charge in [0, 0.05) is 18.2 Å². The fourth-order valence-corrected chi connectivity index (χ4v) is 1.97. The maximum atomic E-state index is 12.0. The Kier molecular flexibility index (Phi) is 6.29. The molecule has 0 aliphatic carbocycles. The van der Waals surface area contributed by atoms with Crippen LogP contribution in [0.25, 0.3) is 0 Å². The van der Waals surface area contributed by atoms with Crippen LogP contribution in [0.3, 0.4) is 0 Å². The van der Waals surface area contributed by atoms with Gasteiger partial charge in [-0.25, -0.2) is 0 Å². The van der Waals surface area contributed by atoms with E-state index in [9.17, 15) is 13.2 Å². The van der Waals surface area contributed by atoms with E-state index in [1.165, 1.54) is 0 Å². The molecule has 0 saturated heterocycles. The van der Waals surface area contributed by atoms with Crippen LogP contribution >= 0.6 is 0 Å². The normalized spacial score (nSPS) is 13.3. The number of rotatable bonds is 7. The molecule has 0 aromatic heterocycles. The topological polar surface area (TPSA) is 30.5 Å². The highest BCUT2D eigenvalue weighted by atomic mass is 19.4. The number of nitrogens with one attached hydrogen (secondary N) is 1. The summed E-state index contributed by atoms with van der Waals surface area (Å²) in [4.78, 5) is 0. The van der Waals surface area contributed by atoms with E-state index in [2.05, 4.69) is 10.1 Å². The molecule has 0 saturated carbocycles. The second-order valence-electron chi connectivity index (χ2n) is 4.54. The lowest BCUT2D eigenvalue weighted by Gasteiger charge is -2.20. The molecule has 6 heteroatoms. The van der Waals surface area contributed by atoms with Crippen molar-refractivity contribution in [2.45, 2.75) is 25.6 Å². The lowest BCUT2D eigenvalue weighted by Crippen LogP contribution is -2.22. The maximum Gasteiger partial charge on any atom is 0.411 e. The van der Waals surface area contributed by atoms with Crippen molar-refractivity contribution in [2.24, 2.45) is 0 Å². The molecule has 1 aromatic rings. The van der Waals surface area contributed by atoms with Crippen molar-refractivity contribution in [2.75, 3.05) is 27.4 Å². The van der Waals surface area contributed by atoms with E-state index in [-0.39, 0.29) is 12.6 Å². The molecule has 0 radical (unpaired) electrons. The minimum atomic E-state index is -4.28. The molecule has 0 bridgehead atoms. The summed E-state index contributed by atoms with van der Waals surface area (Å²) in [6.45, 7) is 0.770. The third kappa shape index (κ3) is 5.38. The molecular weight excluding hydrogens is 271 g/mol. The molecule has 0 heterocycles. The molecule has 0 aliphatic heterocycles. The minimum Gasteiger partial charge on any atom is -0.496 e. The van der Waals surface area contributed by atoms with Crippen LogP contribution in [-0.4, -0.2) is 33.5 Å². The minimum absolute atomic E-state index is 0.0299. The summed E-state index contributed by atoms with van der Waals surface area (Å²) in [7, 11) is 3.33. The Balaban J connectivity index is 2.64. The fraction of sp³-hybridized carbons (Fsp3) is 0.571. The highest BCUT2D eigenvalue weighted by Gasteiger charge is 2.27. The molecule has 1 rings (SSSR count). The summed E-state index contributed by atoms with van der Waals surface area (Å²) in [5.41, 5.74) is 1.99. The van der Waals surface area contributed by atoms with Gasteiger partial charge in [-0.15, -0.1) is 0 Å². The number of halogens is 3. The van der Waals surface area contributed by atoms with Crippen LogP contribution in [0.1, 0.15) is 23.6 Å². The second kappa shape index (κ2) is 7.50. The van der Waals surface area contributed by atoms with Gasteiger partial charge in [0.2, 0.25) is 0 Å². The Labute approximate surface area is 117 Å². The Bertz CT molecular complexity index is 421. The summed E-state index contributed by atoms with van der Waals surface area (Å²) in [6.07, 6.45) is -3.84. The Morgan fingerprint density at radius 1 is 1.30 bits per heavy atom. The van der Waals surface area contributed by atoms with Gasteiger partial charge < -0.3 is 14.8 Å². The summed E-state index contributed by atoms with van der Waals surface area (Å²) in [5, 5.41) is 3.08. The molecule has 1 aromatic carbocycles. The van der Waals surface area contributed by atoms with Crippen LogP contribution in [0.4, 0.5) is 13.2 Å². The van der Waals surface area contributed by atoms with Crippen LogP contribution in [-0.2, 0) is 4.74 Å². The van der Waals surface area contributed by atoms with E-state index in [4.69, 9.17) is 4.74 Å². The third-order valence-corrected chi connectivity index (χ3v) is 2.93. The van der Waals surface area contributed by atoms with E-state index in [0.717, 1.165) is 11.1 Å². The maximum absolute atomic E-state index is 12.0. The molecule has 0 amide bonds. The number of hydrogen-bond acceptors (Lipinski definition) is 3. The average Bonchev–Trinajstić information content (AvgIpc) is 2.37. The van der Waals surface area contributed by atoms with Gasteiger partial charge in [-0.1, -0.05) is 17.7 Å². The van der Waals surface area contributed by atoms with E-state index < -0.39 is 12.8 Å². The molecular formula is C14H20F3NO2. The van der Waals surface area contributed by atoms with Crippen molar-refractivity contribution < 1.29 is 22.6 Å². The van der Waals surface area contributed by atoms with E-state index in [0.29, 0.717) is 12.2 Å². The van der Waals surface area contributed by atoms with Crippen molar-refractivity contribution in [3.05, 3.63) is 29.3 Å². The lowest BCUT2D eigenvalue weighted by molar-refractivity contribution is -0.174. The first kappa shape index (κ1) is 16.8. The number of methoxy groups -OCH3 is 1. The quantitative estimate of drug-likeness (QED) is 0.782. The van der Waals surface area contributed by atoms with Crippen LogP contribution in [0.5, 0.6) is 5.75 Å². The predicted octanol–water partition coefficient (Wildman–Crippen LogP) is 3.23. The van der Waals surface area contributed by atoms with Crippen molar-refractivity contribution >= 4 is 0 Å². The zero-order chi connectivity index (χ0) is 15.2. The first-order valence-electron chi connectivity index (χ1n) is 6.33. The van der Waals surface area contributed by atoms with Gasteiger partial charge in [-0.05, 0) is 26.5 Å². The number of ether oxygens (including phenoxy) is 2.